The minimum Gasteiger partial charge on any atom is -0.346 e. The van der Waals surface area contributed by atoms with Crippen molar-refractivity contribution in [2.75, 3.05) is 19.6 Å². The first-order chi connectivity index (χ1) is 10.6. The van der Waals surface area contributed by atoms with Crippen molar-refractivity contribution >= 4 is 5.91 Å². The molecule has 120 valence electrons. The zero-order valence-corrected chi connectivity index (χ0v) is 13.7. The van der Waals surface area contributed by atoms with Gasteiger partial charge in [0.05, 0.1) is 0 Å². The summed E-state index contributed by atoms with van der Waals surface area (Å²) in [6.07, 6.45) is 6.48. The fourth-order valence-corrected chi connectivity index (χ4v) is 3.48. The van der Waals surface area contributed by atoms with Crippen LogP contribution in [0.3, 0.4) is 0 Å². The number of hydrogen-bond acceptors (Lipinski definition) is 3. The number of carbonyl (C=O) groups is 1. The van der Waals surface area contributed by atoms with Crippen LogP contribution in [0.15, 0.2) is 23.9 Å². The molecule has 1 aromatic heterocycles. The molecule has 0 unspecified atom stereocenters. The molecule has 0 spiro atoms. The predicted octanol–water partition coefficient (Wildman–Crippen LogP) is 1.83. The van der Waals surface area contributed by atoms with Gasteiger partial charge >= 0.3 is 0 Å². The van der Waals surface area contributed by atoms with Gasteiger partial charge in [0, 0.05) is 38.9 Å². The number of nitrogens with zero attached hydrogens (tertiary/aromatic N) is 3. The molecule has 0 radical (unpaired) electrons. The Morgan fingerprint density at radius 1 is 1.45 bits per heavy atom. The molecular weight excluding hydrogens is 276 g/mol. The third-order valence-electron chi connectivity index (χ3n) is 5.00. The van der Waals surface area contributed by atoms with Crippen LogP contribution in [-0.2, 0) is 7.05 Å². The maximum Gasteiger partial charge on any atom is 0.269 e. The number of aromatic nitrogens is 2. The molecule has 1 aliphatic carbocycles. The van der Waals surface area contributed by atoms with Gasteiger partial charge in [-0.3, -0.25) is 14.4 Å². The Labute approximate surface area is 132 Å². The van der Waals surface area contributed by atoms with Gasteiger partial charge < -0.3 is 5.32 Å². The number of likely N-dealkylation sites (tertiary alicyclic amines) is 1. The number of amides is 1. The average Bonchev–Trinajstić information content (AvgIpc) is 3.13. The fraction of sp³-hybridized carbons (Fsp3) is 0.647. The van der Waals surface area contributed by atoms with Gasteiger partial charge in [0.1, 0.15) is 5.69 Å². The lowest BCUT2D eigenvalue weighted by Gasteiger charge is -2.19. The number of aryl methyl sites for hydroxylation is 1. The zero-order chi connectivity index (χ0) is 15.7. The summed E-state index contributed by atoms with van der Waals surface area (Å²) in [5, 5.41) is 7.34. The maximum atomic E-state index is 12.5. The second kappa shape index (κ2) is 6.24. The molecule has 0 aromatic carbocycles. The van der Waals surface area contributed by atoms with E-state index in [1.807, 2.05) is 7.05 Å². The van der Waals surface area contributed by atoms with E-state index in [0.717, 1.165) is 25.6 Å². The van der Waals surface area contributed by atoms with Gasteiger partial charge in [-0.2, -0.15) is 5.10 Å². The first-order valence-corrected chi connectivity index (χ1v) is 8.21. The fourth-order valence-electron chi connectivity index (χ4n) is 3.48. The van der Waals surface area contributed by atoms with Crippen molar-refractivity contribution in [2.45, 2.75) is 32.7 Å². The molecule has 1 aromatic rings. The van der Waals surface area contributed by atoms with E-state index in [1.165, 1.54) is 18.4 Å². The molecular formula is C17H26N4O. The molecule has 1 N–H and O–H groups in total. The number of allylic oxidation sites excluding steroid dienone is 1. The molecule has 0 bridgehead atoms. The number of carbonyl (C=O) groups excluding carboxylic acids is 1. The van der Waals surface area contributed by atoms with Gasteiger partial charge in [0.2, 0.25) is 0 Å². The highest BCUT2D eigenvalue weighted by molar-refractivity contribution is 5.92. The summed E-state index contributed by atoms with van der Waals surface area (Å²) in [5.41, 5.74) is 2.03. The van der Waals surface area contributed by atoms with E-state index < -0.39 is 0 Å². The summed E-state index contributed by atoms with van der Waals surface area (Å²) >= 11 is 0. The van der Waals surface area contributed by atoms with Crippen LogP contribution in [0.25, 0.3) is 0 Å². The summed E-state index contributed by atoms with van der Waals surface area (Å²) in [6.45, 7) is 7.33. The lowest BCUT2D eigenvalue weighted by Crippen LogP contribution is -2.41. The Morgan fingerprint density at radius 2 is 2.23 bits per heavy atom. The first kappa shape index (κ1) is 15.3. The van der Waals surface area contributed by atoms with Gasteiger partial charge in [-0.05, 0) is 44.6 Å². The highest BCUT2D eigenvalue weighted by atomic mass is 16.2. The molecule has 2 fully saturated rings. The van der Waals surface area contributed by atoms with Gasteiger partial charge in [0.15, 0.2) is 0 Å². The molecule has 1 aliphatic heterocycles. The molecule has 5 heteroatoms. The summed E-state index contributed by atoms with van der Waals surface area (Å²) in [5.74, 6) is 1.40. The standard InChI is InChI=1S/C17H26N4O/c1-4-12(2)9-21-10-14(13-5-6-13)15(11-21)19-17(22)16-7-8-18-20(16)3/h4,7-8,13-15H,5-6,9-11H2,1-3H3,(H,19,22)/b12-4+/t14-,15+/m1/s1. The topological polar surface area (TPSA) is 50.2 Å². The zero-order valence-electron chi connectivity index (χ0n) is 13.7. The Hall–Kier alpha value is -1.62. The summed E-state index contributed by atoms with van der Waals surface area (Å²) in [7, 11) is 1.81. The lowest BCUT2D eigenvalue weighted by atomic mass is 9.98. The predicted molar refractivity (Wildman–Crippen MR) is 86.5 cm³/mol. The summed E-state index contributed by atoms with van der Waals surface area (Å²) in [6, 6.07) is 2.04. The minimum atomic E-state index is 0.000237. The maximum absolute atomic E-state index is 12.5. The van der Waals surface area contributed by atoms with E-state index in [4.69, 9.17) is 0 Å². The number of nitrogens with one attached hydrogen (secondary N) is 1. The Morgan fingerprint density at radius 3 is 2.82 bits per heavy atom. The summed E-state index contributed by atoms with van der Waals surface area (Å²) in [4.78, 5) is 14.9. The van der Waals surface area contributed by atoms with Gasteiger partial charge in [0.25, 0.3) is 5.91 Å². The molecule has 1 amide bonds. The average molecular weight is 302 g/mol. The van der Waals surface area contributed by atoms with E-state index in [-0.39, 0.29) is 11.9 Å². The monoisotopic (exact) mass is 302 g/mol. The van der Waals surface area contributed by atoms with Crippen molar-refractivity contribution in [2.24, 2.45) is 18.9 Å². The van der Waals surface area contributed by atoms with Crippen LogP contribution < -0.4 is 5.32 Å². The SMILES string of the molecule is C/C=C(\C)CN1C[C@H](NC(=O)c2ccnn2C)[C@@H](C2CC2)C1. The highest BCUT2D eigenvalue weighted by Gasteiger charge is 2.43. The van der Waals surface area contributed by atoms with Crippen LogP contribution in [0, 0.1) is 11.8 Å². The van der Waals surface area contributed by atoms with E-state index in [2.05, 4.69) is 35.2 Å². The van der Waals surface area contributed by atoms with Crippen molar-refractivity contribution in [1.29, 1.82) is 0 Å². The Kier molecular flexibility index (Phi) is 4.34. The lowest BCUT2D eigenvalue weighted by molar-refractivity contribution is 0.0918. The third-order valence-corrected chi connectivity index (χ3v) is 5.00. The van der Waals surface area contributed by atoms with E-state index in [0.29, 0.717) is 11.6 Å². The van der Waals surface area contributed by atoms with E-state index in [9.17, 15) is 4.79 Å². The van der Waals surface area contributed by atoms with Gasteiger partial charge in [-0.15, -0.1) is 0 Å². The van der Waals surface area contributed by atoms with Crippen molar-refractivity contribution in [3.63, 3.8) is 0 Å². The molecule has 2 heterocycles. The number of rotatable bonds is 5. The van der Waals surface area contributed by atoms with Crippen molar-refractivity contribution in [3.05, 3.63) is 29.6 Å². The molecule has 1 saturated heterocycles. The number of hydrogen-bond donors (Lipinski definition) is 1. The Balaban J connectivity index is 1.66. The van der Waals surface area contributed by atoms with Crippen LogP contribution >= 0.6 is 0 Å². The second-order valence-electron chi connectivity index (χ2n) is 6.75. The quantitative estimate of drug-likeness (QED) is 0.844. The van der Waals surface area contributed by atoms with Crippen LogP contribution in [-0.4, -0.2) is 46.3 Å². The third kappa shape index (κ3) is 3.24. The summed E-state index contributed by atoms with van der Waals surface area (Å²) < 4.78 is 1.64. The molecule has 2 aliphatic rings. The van der Waals surface area contributed by atoms with Crippen LogP contribution in [0.1, 0.15) is 37.2 Å². The normalized spacial score (nSPS) is 26.4. The first-order valence-electron chi connectivity index (χ1n) is 8.21. The minimum absolute atomic E-state index is 0.000237. The molecule has 2 atom stereocenters. The molecule has 5 nitrogen and oxygen atoms in total. The van der Waals surface area contributed by atoms with Crippen molar-refractivity contribution in [1.82, 2.24) is 20.0 Å². The van der Waals surface area contributed by atoms with Gasteiger partial charge in [-0.25, -0.2) is 0 Å². The Bertz CT molecular complexity index is 573. The van der Waals surface area contributed by atoms with Crippen molar-refractivity contribution in [3.8, 4) is 0 Å². The second-order valence-corrected chi connectivity index (χ2v) is 6.75. The molecule has 1 saturated carbocycles. The highest BCUT2D eigenvalue weighted by Crippen LogP contribution is 2.41. The molecule has 3 rings (SSSR count). The largest absolute Gasteiger partial charge is 0.346 e. The van der Waals surface area contributed by atoms with Crippen LogP contribution in [0.2, 0.25) is 0 Å². The van der Waals surface area contributed by atoms with Crippen LogP contribution in [0.5, 0.6) is 0 Å². The smallest absolute Gasteiger partial charge is 0.269 e. The van der Waals surface area contributed by atoms with E-state index in [1.54, 1.807) is 16.9 Å². The van der Waals surface area contributed by atoms with Crippen LogP contribution in [0.4, 0.5) is 0 Å². The van der Waals surface area contributed by atoms with Gasteiger partial charge in [-0.1, -0.05) is 11.6 Å². The van der Waals surface area contributed by atoms with Crippen molar-refractivity contribution < 1.29 is 4.79 Å². The van der Waals surface area contributed by atoms with E-state index >= 15 is 0 Å². The molecule has 22 heavy (non-hydrogen) atoms.